The van der Waals surface area contributed by atoms with Gasteiger partial charge in [0.15, 0.2) is 6.10 Å². The largest absolute Gasteiger partial charge is 0.462 e. The van der Waals surface area contributed by atoms with E-state index in [1.54, 1.807) is 0 Å². The van der Waals surface area contributed by atoms with Gasteiger partial charge in [-0.1, -0.05) is 254 Å². The Morgan fingerprint density at radius 3 is 0.899 bits per heavy atom. The average Bonchev–Trinajstić information content (AvgIpc) is 3.35. The quantitative estimate of drug-likeness (QED) is 0.0262. The van der Waals surface area contributed by atoms with Gasteiger partial charge in [-0.3, -0.25) is 14.4 Å². The molecule has 0 aromatic rings. The highest BCUT2D eigenvalue weighted by Gasteiger charge is 2.19. The molecule has 6 heteroatoms. The fourth-order valence-corrected chi connectivity index (χ4v) is 8.29. The third-order valence-electron chi connectivity index (χ3n) is 12.7. The van der Waals surface area contributed by atoms with Crippen molar-refractivity contribution >= 4 is 17.9 Å². The molecule has 0 aliphatic carbocycles. The van der Waals surface area contributed by atoms with Crippen LogP contribution in [0.1, 0.15) is 290 Å². The van der Waals surface area contributed by atoms with Gasteiger partial charge in [0.25, 0.3) is 0 Å². The summed E-state index contributed by atoms with van der Waals surface area (Å²) in [6.07, 6.45) is 73.2. The van der Waals surface area contributed by atoms with Crippen LogP contribution >= 0.6 is 0 Å². The number of carbonyl (C=O) groups is 3. The number of ether oxygens (including phenoxy) is 3. The maximum absolute atomic E-state index is 12.9. The van der Waals surface area contributed by atoms with Crippen LogP contribution in [0.3, 0.4) is 0 Å². The number of allylic oxidation sites excluding steroid dienone is 12. The van der Waals surface area contributed by atoms with Crippen LogP contribution in [0.5, 0.6) is 0 Å². The zero-order valence-corrected chi connectivity index (χ0v) is 45.6. The number of carbonyl (C=O) groups excluding carboxylic acids is 3. The van der Waals surface area contributed by atoms with Gasteiger partial charge in [0.1, 0.15) is 13.2 Å². The highest BCUT2D eigenvalue weighted by atomic mass is 16.6. The minimum Gasteiger partial charge on any atom is -0.462 e. The summed E-state index contributed by atoms with van der Waals surface area (Å²) in [7, 11) is 0. The molecule has 0 radical (unpaired) electrons. The van der Waals surface area contributed by atoms with E-state index in [9.17, 15) is 14.4 Å². The second-order valence-electron chi connectivity index (χ2n) is 19.5. The normalized spacial score (nSPS) is 12.6. The molecule has 0 aliphatic heterocycles. The lowest BCUT2D eigenvalue weighted by Gasteiger charge is -2.18. The molecule has 0 rings (SSSR count). The molecular weight excluding hydrogens is 853 g/mol. The minimum absolute atomic E-state index is 0.0877. The second-order valence-corrected chi connectivity index (χ2v) is 19.5. The molecule has 0 saturated heterocycles. The summed E-state index contributed by atoms with van der Waals surface area (Å²) in [5, 5.41) is 0. The topological polar surface area (TPSA) is 78.9 Å². The highest BCUT2D eigenvalue weighted by molar-refractivity contribution is 5.71. The zero-order chi connectivity index (χ0) is 50.0. The molecule has 6 nitrogen and oxygen atoms in total. The van der Waals surface area contributed by atoms with E-state index in [2.05, 4.69) is 93.7 Å². The molecule has 0 spiro atoms. The van der Waals surface area contributed by atoms with Gasteiger partial charge in [0.2, 0.25) is 0 Å². The van der Waals surface area contributed by atoms with E-state index in [1.807, 2.05) is 0 Å². The third-order valence-corrected chi connectivity index (χ3v) is 12.7. The predicted molar refractivity (Wildman–Crippen MR) is 298 cm³/mol. The van der Waals surface area contributed by atoms with Crippen LogP contribution in [0.15, 0.2) is 72.9 Å². The Kier molecular flexibility index (Phi) is 54.8. The van der Waals surface area contributed by atoms with E-state index < -0.39 is 6.10 Å². The van der Waals surface area contributed by atoms with E-state index in [1.165, 1.54) is 135 Å². The van der Waals surface area contributed by atoms with Crippen molar-refractivity contribution in [2.75, 3.05) is 13.2 Å². The Hall–Kier alpha value is -3.15. The van der Waals surface area contributed by atoms with Crippen molar-refractivity contribution in [3.63, 3.8) is 0 Å². The van der Waals surface area contributed by atoms with Gasteiger partial charge in [0.05, 0.1) is 0 Å². The Morgan fingerprint density at radius 2 is 0.565 bits per heavy atom. The Balaban J connectivity index is 4.42. The van der Waals surface area contributed by atoms with Crippen molar-refractivity contribution in [3.8, 4) is 0 Å². The van der Waals surface area contributed by atoms with Crippen molar-refractivity contribution in [1.82, 2.24) is 0 Å². The molecule has 398 valence electrons. The van der Waals surface area contributed by atoms with Crippen LogP contribution in [-0.4, -0.2) is 37.2 Å². The second kappa shape index (κ2) is 57.4. The van der Waals surface area contributed by atoms with Gasteiger partial charge in [-0.05, 0) is 89.9 Å². The van der Waals surface area contributed by atoms with Gasteiger partial charge < -0.3 is 14.2 Å². The SMILES string of the molecule is CC/C=C\C/C=C\C/C=C\C/C=C\CCCCCCC(=O)OC(COC(=O)CCCCCCC/C=C\C/C=C\CCCCCC)COC(=O)CCCCCCCCCCCCCCCCCCCC. The Bertz CT molecular complexity index is 1290. The summed E-state index contributed by atoms with van der Waals surface area (Å²) in [5.74, 6) is -0.915. The molecule has 0 N–H and O–H groups in total. The third kappa shape index (κ3) is 55.6. The summed E-state index contributed by atoms with van der Waals surface area (Å²) in [6.45, 7) is 6.51. The molecule has 1 unspecified atom stereocenters. The number of unbranched alkanes of at least 4 members (excludes halogenated alkanes) is 30. The van der Waals surface area contributed by atoms with Crippen LogP contribution in [0, 0.1) is 0 Å². The summed E-state index contributed by atoms with van der Waals surface area (Å²) < 4.78 is 16.9. The van der Waals surface area contributed by atoms with E-state index in [0.717, 1.165) is 116 Å². The van der Waals surface area contributed by atoms with E-state index in [-0.39, 0.29) is 31.1 Å². The van der Waals surface area contributed by atoms with E-state index in [4.69, 9.17) is 14.2 Å². The Labute approximate surface area is 427 Å². The van der Waals surface area contributed by atoms with Gasteiger partial charge in [0, 0.05) is 19.3 Å². The van der Waals surface area contributed by atoms with Gasteiger partial charge in [-0.2, -0.15) is 0 Å². The van der Waals surface area contributed by atoms with Crippen molar-refractivity contribution in [2.45, 2.75) is 297 Å². The van der Waals surface area contributed by atoms with Crippen LogP contribution in [-0.2, 0) is 28.6 Å². The van der Waals surface area contributed by atoms with Crippen LogP contribution < -0.4 is 0 Å². The number of hydrogen-bond donors (Lipinski definition) is 0. The number of rotatable bonds is 53. The monoisotopic (exact) mass is 963 g/mol. The number of esters is 3. The van der Waals surface area contributed by atoms with Gasteiger partial charge in [-0.15, -0.1) is 0 Å². The summed E-state index contributed by atoms with van der Waals surface area (Å²) in [5.41, 5.74) is 0. The molecule has 0 fully saturated rings. The molecule has 69 heavy (non-hydrogen) atoms. The lowest BCUT2D eigenvalue weighted by molar-refractivity contribution is -0.167. The average molecular weight is 964 g/mol. The van der Waals surface area contributed by atoms with Crippen molar-refractivity contribution in [1.29, 1.82) is 0 Å². The molecule has 0 heterocycles. The fraction of sp³-hybridized carbons (Fsp3) is 0.762. The van der Waals surface area contributed by atoms with Gasteiger partial charge in [-0.25, -0.2) is 0 Å². The van der Waals surface area contributed by atoms with Crippen molar-refractivity contribution in [3.05, 3.63) is 72.9 Å². The predicted octanol–water partition coefficient (Wildman–Crippen LogP) is 19.8. The molecule has 0 bridgehead atoms. The lowest BCUT2D eigenvalue weighted by Crippen LogP contribution is -2.30. The first-order valence-corrected chi connectivity index (χ1v) is 29.4. The maximum Gasteiger partial charge on any atom is 0.306 e. The molecule has 0 aliphatic rings. The van der Waals surface area contributed by atoms with Crippen LogP contribution in [0.2, 0.25) is 0 Å². The lowest BCUT2D eigenvalue weighted by atomic mass is 10.0. The summed E-state index contributed by atoms with van der Waals surface area (Å²) in [6, 6.07) is 0. The summed E-state index contributed by atoms with van der Waals surface area (Å²) >= 11 is 0. The number of hydrogen-bond acceptors (Lipinski definition) is 6. The Morgan fingerprint density at radius 1 is 0.304 bits per heavy atom. The minimum atomic E-state index is -0.793. The highest BCUT2D eigenvalue weighted by Crippen LogP contribution is 2.16. The maximum atomic E-state index is 12.9. The molecular formula is C63H110O6. The van der Waals surface area contributed by atoms with Crippen LogP contribution in [0.25, 0.3) is 0 Å². The fourth-order valence-electron chi connectivity index (χ4n) is 8.29. The van der Waals surface area contributed by atoms with E-state index >= 15 is 0 Å². The molecule has 0 amide bonds. The van der Waals surface area contributed by atoms with Gasteiger partial charge >= 0.3 is 17.9 Å². The van der Waals surface area contributed by atoms with Crippen molar-refractivity contribution < 1.29 is 28.6 Å². The van der Waals surface area contributed by atoms with Crippen molar-refractivity contribution in [2.24, 2.45) is 0 Å². The smallest absolute Gasteiger partial charge is 0.306 e. The summed E-state index contributed by atoms with van der Waals surface area (Å²) in [4.78, 5) is 38.2. The van der Waals surface area contributed by atoms with Crippen LogP contribution in [0.4, 0.5) is 0 Å². The molecule has 0 aromatic carbocycles. The first-order valence-electron chi connectivity index (χ1n) is 29.4. The molecule has 1 atom stereocenters. The molecule has 0 aromatic heterocycles. The zero-order valence-electron chi connectivity index (χ0n) is 45.6. The first kappa shape index (κ1) is 65.8. The standard InChI is InChI=1S/C63H110O6/c1-4-7-10-13-16-19-22-25-28-31-33-35-38-41-44-47-50-53-56-62(65)68-59-60(58-67-61(64)55-52-49-46-43-40-37-34-30-27-24-21-18-15-12-9-6-3)69-63(66)57-54-51-48-45-42-39-36-32-29-26-23-20-17-14-11-8-5-2/h8,11,17,20-21,24,26,29-30,34,36,39,60H,4-7,9-10,12-16,18-19,22-23,25,27-28,31-33,35,37-38,40-59H2,1-3H3/b11-8-,20-17-,24-21-,29-26-,34-30-,39-36-. The van der Waals surface area contributed by atoms with E-state index in [0.29, 0.717) is 19.3 Å². The molecule has 0 saturated carbocycles. The first-order chi connectivity index (χ1) is 34.0.